The number of carbonyl (C=O) groups is 1. The molecule has 82 valence electrons. The topological polar surface area (TPSA) is 73.3 Å². The highest BCUT2D eigenvalue weighted by Gasteiger charge is 2.10. The standard InChI is InChI=1S/C8H9NO4S2/c1-15(11,12)13-8(10)6-14-7-2-4-9-5-3-7/h2-5H,6H2,1H3. The van der Waals surface area contributed by atoms with Crippen LogP contribution in [0.1, 0.15) is 0 Å². The van der Waals surface area contributed by atoms with Crippen LogP contribution in [0.15, 0.2) is 29.4 Å². The summed E-state index contributed by atoms with van der Waals surface area (Å²) in [5.74, 6) is -0.823. The van der Waals surface area contributed by atoms with Gasteiger partial charge in [-0.2, -0.15) is 8.42 Å². The first-order valence-corrected chi connectivity index (χ1v) is 6.73. The molecule has 1 aromatic rings. The molecular weight excluding hydrogens is 238 g/mol. The number of hydrogen-bond acceptors (Lipinski definition) is 6. The van der Waals surface area contributed by atoms with Gasteiger partial charge in [-0.1, -0.05) is 0 Å². The highest BCUT2D eigenvalue weighted by atomic mass is 32.2. The molecule has 0 amide bonds. The molecule has 0 fully saturated rings. The fraction of sp³-hybridized carbons (Fsp3) is 0.250. The normalized spacial score (nSPS) is 11.0. The SMILES string of the molecule is CS(=O)(=O)OC(=O)CSc1ccncc1. The Balaban J connectivity index is 2.42. The Morgan fingerprint density at radius 2 is 2.07 bits per heavy atom. The summed E-state index contributed by atoms with van der Waals surface area (Å²) < 4.78 is 25.3. The largest absolute Gasteiger partial charge is 0.345 e. The quantitative estimate of drug-likeness (QED) is 0.575. The summed E-state index contributed by atoms with van der Waals surface area (Å²) in [6.07, 6.45) is 4.01. The van der Waals surface area contributed by atoms with Crippen LogP contribution < -0.4 is 0 Å². The zero-order valence-electron chi connectivity index (χ0n) is 7.91. The molecule has 0 unspecified atom stereocenters. The molecule has 1 rings (SSSR count). The van der Waals surface area contributed by atoms with Gasteiger partial charge < -0.3 is 4.18 Å². The van der Waals surface area contributed by atoms with Gasteiger partial charge in [0, 0.05) is 17.3 Å². The van der Waals surface area contributed by atoms with Crippen molar-refractivity contribution in [2.75, 3.05) is 12.0 Å². The van der Waals surface area contributed by atoms with Crippen LogP contribution in [0.4, 0.5) is 0 Å². The molecule has 0 saturated heterocycles. The first-order chi connectivity index (χ1) is 6.97. The second kappa shape index (κ2) is 5.13. The summed E-state index contributed by atoms with van der Waals surface area (Å²) in [4.78, 5) is 15.6. The van der Waals surface area contributed by atoms with Crippen LogP contribution in [0, 0.1) is 0 Å². The minimum atomic E-state index is -3.70. The van der Waals surface area contributed by atoms with Crippen LogP contribution in [0.25, 0.3) is 0 Å². The predicted molar refractivity (Wildman–Crippen MR) is 55.9 cm³/mol. The molecule has 0 aliphatic rings. The lowest BCUT2D eigenvalue weighted by Gasteiger charge is -2.01. The molecule has 0 aromatic carbocycles. The summed E-state index contributed by atoms with van der Waals surface area (Å²) in [5, 5.41) is 0. The maximum atomic E-state index is 11.0. The van der Waals surface area contributed by atoms with E-state index in [2.05, 4.69) is 9.17 Å². The molecule has 7 heteroatoms. The molecular formula is C8H9NO4S2. The van der Waals surface area contributed by atoms with E-state index in [0.29, 0.717) is 0 Å². The van der Waals surface area contributed by atoms with E-state index in [4.69, 9.17) is 0 Å². The molecule has 0 bridgehead atoms. The molecule has 1 aromatic heterocycles. The number of rotatable bonds is 4. The maximum absolute atomic E-state index is 11.0. The number of thioether (sulfide) groups is 1. The Bertz CT molecular complexity index is 429. The van der Waals surface area contributed by atoms with E-state index in [1.54, 1.807) is 24.5 Å². The fourth-order valence-corrected chi connectivity index (χ4v) is 1.90. The van der Waals surface area contributed by atoms with Gasteiger partial charge in [0.15, 0.2) is 0 Å². The molecule has 0 radical (unpaired) electrons. The average Bonchev–Trinajstić information content (AvgIpc) is 2.14. The highest BCUT2D eigenvalue weighted by Crippen LogP contribution is 2.16. The first-order valence-electron chi connectivity index (χ1n) is 3.92. The third-order valence-corrected chi connectivity index (χ3v) is 2.72. The van der Waals surface area contributed by atoms with Crippen molar-refractivity contribution in [3.63, 3.8) is 0 Å². The van der Waals surface area contributed by atoms with Crippen LogP contribution >= 0.6 is 11.8 Å². The third kappa shape index (κ3) is 5.38. The molecule has 0 aliphatic heterocycles. The van der Waals surface area contributed by atoms with Crippen LogP contribution in [0.2, 0.25) is 0 Å². The van der Waals surface area contributed by atoms with Gasteiger partial charge in [-0.3, -0.25) is 4.98 Å². The number of carbonyl (C=O) groups excluding carboxylic acids is 1. The van der Waals surface area contributed by atoms with Crippen molar-refractivity contribution in [1.82, 2.24) is 4.98 Å². The van der Waals surface area contributed by atoms with Crippen molar-refractivity contribution >= 4 is 27.8 Å². The number of nitrogens with zero attached hydrogens (tertiary/aromatic N) is 1. The van der Waals surface area contributed by atoms with E-state index in [0.717, 1.165) is 11.2 Å². The van der Waals surface area contributed by atoms with E-state index in [1.165, 1.54) is 11.8 Å². The molecule has 0 saturated carbocycles. The van der Waals surface area contributed by atoms with Gasteiger partial charge in [0.25, 0.3) is 0 Å². The van der Waals surface area contributed by atoms with Crippen LogP contribution in [-0.4, -0.2) is 31.4 Å². The van der Waals surface area contributed by atoms with Crippen molar-refractivity contribution in [3.8, 4) is 0 Å². The maximum Gasteiger partial charge on any atom is 0.332 e. The third-order valence-electron chi connectivity index (χ3n) is 1.25. The molecule has 0 aliphatic carbocycles. The van der Waals surface area contributed by atoms with Crippen molar-refractivity contribution in [2.45, 2.75) is 4.90 Å². The lowest BCUT2D eigenvalue weighted by atomic mass is 10.5. The summed E-state index contributed by atoms with van der Waals surface area (Å²) >= 11 is 1.19. The smallest absolute Gasteiger partial charge is 0.332 e. The molecule has 0 N–H and O–H groups in total. The molecule has 0 atom stereocenters. The van der Waals surface area contributed by atoms with E-state index in [1.807, 2.05) is 0 Å². The number of aromatic nitrogens is 1. The van der Waals surface area contributed by atoms with Crippen molar-refractivity contribution in [3.05, 3.63) is 24.5 Å². The summed E-state index contributed by atoms with van der Waals surface area (Å²) in [6.45, 7) is 0. The van der Waals surface area contributed by atoms with Crippen LogP contribution in [0.5, 0.6) is 0 Å². The molecule has 15 heavy (non-hydrogen) atoms. The second-order valence-corrected chi connectivity index (χ2v) is 5.25. The van der Waals surface area contributed by atoms with Gasteiger partial charge in [0.1, 0.15) is 0 Å². The Hall–Kier alpha value is -1.08. The van der Waals surface area contributed by atoms with E-state index in [-0.39, 0.29) is 5.75 Å². The van der Waals surface area contributed by atoms with Crippen molar-refractivity contribution in [1.29, 1.82) is 0 Å². The van der Waals surface area contributed by atoms with Crippen molar-refractivity contribution in [2.24, 2.45) is 0 Å². The highest BCUT2D eigenvalue weighted by molar-refractivity contribution is 8.00. The summed E-state index contributed by atoms with van der Waals surface area (Å²) in [5.41, 5.74) is 0. The van der Waals surface area contributed by atoms with E-state index in [9.17, 15) is 13.2 Å². The number of hydrogen-bond donors (Lipinski definition) is 0. The second-order valence-electron chi connectivity index (χ2n) is 2.63. The summed E-state index contributed by atoms with van der Waals surface area (Å²) in [7, 11) is -3.70. The van der Waals surface area contributed by atoms with Crippen LogP contribution in [-0.2, 0) is 19.1 Å². The van der Waals surface area contributed by atoms with Crippen LogP contribution in [0.3, 0.4) is 0 Å². The average molecular weight is 247 g/mol. The number of pyridine rings is 1. The zero-order valence-corrected chi connectivity index (χ0v) is 9.55. The molecule has 5 nitrogen and oxygen atoms in total. The molecule has 1 heterocycles. The van der Waals surface area contributed by atoms with Gasteiger partial charge in [-0.05, 0) is 12.1 Å². The zero-order chi connectivity index (χ0) is 11.3. The Kier molecular flexibility index (Phi) is 4.10. The van der Waals surface area contributed by atoms with Crippen molar-refractivity contribution < 1.29 is 17.4 Å². The predicted octanol–water partition coefficient (Wildman–Crippen LogP) is 0.677. The minimum absolute atomic E-state index is 0.0446. The van der Waals surface area contributed by atoms with Gasteiger partial charge in [-0.15, -0.1) is 11.8 Å². The lowest BCUT2D eigenvalue weighted by Crippen LogP contribution is -2.12. The van der Waals surface area contributed by atoms with E-state index < -0.39 is 16.1 Å². The van der Waals surface area contributed by atoms with Gasteiger partial charge in [0.05, 0.1) is 12.0 Å². The summed E-state index contributed by atoms with van der Waals surface area (Å²) in [6, 6.07) is 3.44. The Morgan fingerprint density at radius 3 is 2.60 bits per heavy atom. The monoisotopic (exact) mass is 247 g/mol. The Labute approximate surface area is 92.0 Å². The molecule has 0 spiro atoms. The van der Waals surface area contributed by atoms with E-state index >= 15 is 0 Å². The first kappa shape index (κ1) is 12.0. The fourth-order valence-electron chi connectivity index (χ4n) is 0.770. The van der Waals surface area contributed by atoms with Gasteiger partial charge >= 0.3 is 16.1 Å². The lowest BCUT2D eigenvalue weighted by molar-refractivity contribution is -0.130. The van der Waals surface area contributed by atoms with Gasteiger partial charge in [0.2, 0.25) is 0 Å². The minimum Gasteiger partial charge on any atom is -0.345 e. The van der Waals surface area contributed by atoms with Gasteiger partial charge in [-0.25, -0.2) is 4.79 Å². The Morgan fingerprint density at radius 1 is 1.47 bits per heavy atom.